The van der Waals surface area contributed by atoms with Crippen molar-refractivity contribution in [2.45, 2.75) is 6.92 Å². The van der Waals surface area contributed by atoms with Crippen molar-refractivity contribution in [1.29, 1.82) is 0 Å². The fourth-order valence-corrected chi connectivity index (χ4v) is 2.16. The Hall–Kier alpha value is -1.40. The Bertz CT molecular complexity index is 568. The number of amides is 1. The molecule has 0 aliphatic carbocycles. The van der Waals surface area contributed by atoms with Gasteiger partial charge in [0.15, 0.2) is 5.13 Å². The van der Waals surface area contributed by atoms with Gasteiger partial charge in [-0.3, -0.25) is 10.1 Å². The Balaban J connectivity index is 2.17. The van der Waals surface area contributed by atoms with Crippen molar-refractivity contribution in [2.24, 2.45) is 0 Å². The predicted octanol–water partition coefficient (Wildman–Crippen LogP) is 3.17. The third-order valence-electron chi connectivity index (χ3n) is 2.05. The molecule has 0 radical (unpaired) electrons. The standard InChI is InChI=1S/C11H9BrN2O2S/c1-6-5-17-11(13-6)14-10(16)7-2-3-8(12)9(15)4-7/h2-5,15H,1H3,(H,13,14,16). The summed E-state index contributed by atoms with van der Waals surface area (Å²) in [6, 6.07) is 4.65. The number of phenols is 1. The van der Waals surface area contributed by atoms with Gasteiger partial charge in [-0.05, 0) is 41.1 Å². The second-order valence-electron chi connectivity index (χ2n) is 3.41. The number of aromatic hydroxyl groups is 1. The maximum absolute atomic E-state index is 11.8. The lowest BCUT2D eigenvalue weighted by molar-refractivity contribution is 0.102. The highest BCUT2D eigenvalue weighted by Gasteiger charge is 2.10. The fourth-order valence-electron chi connectivity index (χ4n) is 1.23. The summed E-state index contributed by atoms with van der Waals surface area (Å²) in [6.45, 7) is 1.86. The first-order valence-corrected chi connectivity index (χ1v) is 6.45. The Kier molecular flexibility index (Phi) is 3.44. The number of phenolic OH excluding ortho intramolecular Hbond substituents is 1. The molecular formula is C11H9BrN2O2S. The van der Waals surface area contributed by atoms with Gasteiger partial charge in [-0.1, -0.05) is 0 Å². The SMILES string of the molecule is Cc1csc(NC(=O)c2ccc(Br)c(O)c2)n1. The molecule has 2 N–H and O–H groups in total. The second kappa shape index (κ2) is 4.85. The van der Waals surface area contributed by atoms with E-state index in [0.29, 0.717) is 15.2 Å². The second-order valence-corrected chi connectivity index (χ2v) is 5.13. The molecule has 1 heterocycles. The number of nitrogens with one attached hydrogen (secondary N) is 1. The topological polar surface area (TPSA) is 62.2 Å². The van der Waals surface area contributed by atoms with Gasteiger partial charge in [-0.25, -0.2) is 4.98 Å². The molecule has 0 spiro atoms. The average Bonchev–Trinajstić information content (AvgIpc) is 2.68. The van der Waals surface area contributed by atoms with Crippen LogP contribution < -0.4 is 5.32 Å². The zero-order valence-electron chi connectivity index (χ0n) is 8.90. The van der Waals surface area contributed by atoms with E-state index in [2.05, 4.69) is 26.2 Å². The summed E-state index contributed by atoms with van der Waals surface area (Å²) in [6.07, 6.45) is 0. The Labute approximate surface area is 110 Å². The highest BCUT2D eigenvalue weighted by atomic mass is 79.9. The minimum Gasteiger partial charge on any atom is -0.507 e. The van der Waals surface area contributed by atoms with E-state index < -0.39 is 0 Å². The molecule has 0 saturated heterocycles. The molecule has 88 valence electrons. The molecule has 0 aliphatic rings. The average molecular weight is 313 g/mol. The number of benzene rings is 1. The number of halogens is 1. The molecule has 1 aromatic heterocycles. The normalized spacial score (nSPS) is 10.2. The number of carbonyl (C=O) groups is 1. The van der Waals surface area contributed by atoms with Crippen LogP contribution in [0.2, 0.25) is 0 Å². The molecule has 17 heavy (non-hydrogen) atoms. The van der Waals surface area contributed by atoms with Gasteiger partial charge in [0.25, 0.3) is 5.91 Å². The number of thiazole rings is 1. The number of anilines is 1. The van der Waals surface area contributed by atoms with Crippen molar-refractivity contribution in [3.63, 3.8) is 0 Å². The van der Waals surface area contributed by atoms with Gasteiger partial charge in [-0.15, -0.1) is 11.3 Å². The number of hydrogen-bond donors (Lipinski definition) is 2. The summed E-state index contributed by atoms with van der Waals surface area (Å²) in [5, 5.41) is 14.6. The summed E-state index contributed by atoms with van der Waals surface area (Å²) in [7, 11) is 0. The molecule has 0 saturated carbocycles. The van der Waals surface area contributed by atoms with Gasteiger partial charge >= 0.3 is 0 Å². The van der Waals surface area contributed by atoms with Crippen LogP contribution in [-0.2, 0) is 0 Å². The number of carbonyl (C=O) groups excluding carboxylic acids is 1. The molecule has 0 fully saturated rings. The molecule has 0 unspecified atom stereocenters. The number of rotatable bonds is 2. The van der Waals surface area contributed by atoms with Crippen LogP contribution in [0.5, 0.6) is 5.75 Å². The first-order valence-electron chi connectivity index (χ1n) is 4.78. The molecule has 2 aromatic rings. The molecule has 2 rings (SSSR count). The van der Waals surface area contributed by atoms with Gasteiger partial charge in [0.2, 0.25) is 0 Å². The van der Waals surface area contributed by atoms with E-state index in [9.17, 15) is 9.90 Å². The van der Waals surface area contributed by atoms with Crippen LogP contribution in [0.25, 0.3) is 0 Å². The predicted molar refractivity (Wildman–Crippen MR) is 70.6 cm³/mol. The monoisotopic (exact) mass is 312 g/mol. The van der Waals surface area contributed by atoms with Crippen LogP contribution >= 0.6 is 27.3 Å². The lowest BCUT2D eigenvalue weighted by Crippen LogP contribution is -2.11. The number of aryl methyl sites for hydroxylation is 1. The van der Waals surface area contributed by atoms with Gasteiger partial charge < -0.3 is 5.11 Å². The zero-order valence-corrected chi connectivity index (χ0v) is 11.3. The van der Waals surface area contributed by atoms with Gasteiger partial charge in [0.05, 0.1) is 10.2 Å². The molecule has 1 amide bonds. The molecule has 0 bridgehead atoms. The highest BCUT2D eigenvalue weighted by molar-refractivity contribution is 9.10. The molecule has 6 heteroatoms. The first-order chi connectivity index (χ1) is 8.06. The van der Waals surface area contributed by atoms with Crippen LogP contribution in [0.3, 0.4) is 0 Å². The largest absolute Gasteiger partial charge is 0.507 e. The van der Waals surface area contributed by atoms with Crippen molar-refractivity contribution in [1.82, 2.24) is 4.98 Å². The minimum atomic E-state index is -0.290. The number of nitrogens with zero attached hydrogens (tertiary/aromatic N) is 1. The Morgan fingerprint density at radius 3 is 2.88 bits per heavy atom. The van der Waals surface area contributed by atoms with E-state index in [1.54, 1.807) is 12.1 Å². The van der Waals surface area contributed by atoms with Crippen molar-refractivity contribution >= 4 is 38.3 Å². The zero-order chi connectivity index (χ0) is 12.4. The lowest BCUT2D eigenvalue weighted by atomic mass is 10.2. The van der Waals surface area contributed by atoms with Gasteiger partial charge in [0.1, 0.15) is 5.75 Å². The summed E-state index contributed by atoms with van der Waals surface area (Å²) in [5.74, 6) is -0.255. The van der Waals surface area contributed by atoms with E-state index >= 15 is 0 Å². The van der Waals surface area contributed by atoms with Crippen molar-refractivity contribution in [2.75, 3.05) is 5.32 Å². The van der Waals surface area contributed by atoms with Crippen LogP contribution in [-0.4, -0.2) is 16.0 Å². The Morgan fingerprint density at radius 2 is 2.29 bits per heavy atom. The number of aromatic nitrogens is 1. The third-order valence-corrected chi connectivity index (χ3v) is 3.59. The van der Waals surface area contributed by atoms with Crippen LogP contribution in [0.1, 0.15) is 16.1 Å². The van der Waals surface area contributed by atoms with E-state index in [0.717, 1.165) is 5.69 Å². The molecule has 0 atom stereocenters. The minimum absolute atomic E-state index is 0.0352. The van der Waals surface area contributed by atoms with E-state index in [4.69, 9.17) is 0 Å². The summed E-state index contributed by atoms with van der Waals surface area (Å²) >= 11 is 4.52. The van der Waals surface area contributed by atoms with Crippen LogP contribution in [0, 0.1) is 6.92 Å². The van der Waals surface area contributed by atoms with E-state index in [1.165, 1.54) is 17.4 Å². The summed E-state index contributed by atoms with van der Waals surface area (Å²) in [4.78, 5) is 15.9. The summed E-state index contributed by atoms with van der Waals surface area (Å²) < 4.78 is 0.555. The van der Waals surface area contributed by atoms with Crippen molar-refractivity contribution in [3.05, 3.63) is 39.3 Å². The highest BCUT2D eigenvalue weighted by Crippen LogP contribution is 2.25. The molecule has 1 aromatic carbocycles. The Morgan fingerprint density at radius 1 is 1.53 bits per heavy atom. The van der Waals surface area contributed by atoms with Crippen LogP contribution in [0.4, 0.5) is 5.13 Å². The third kappa shape index (κ3) is 2.83. The quantitative estimate of drug-likeness (QED) is 0.895. The van der Waals surface area contributed by atoms with Crippen molar-refractivity contribution in [3.8, 4) is 5.75 Å². The molecule has 0 aliphatic heterocycles. The van der Waals surface area contributed by atoms with Crippen molar-refractivity contribution < 1.29 is 9.90 Å². The molecular weight excluding hydrogens is 304 g/mol. The number of hydrogen-bond acceptors (Lipinski definition) is 4. The first kappa shape index (κ1) is 12.1. The van der Waals surface area contributed by atoms with Gasteiger partial charge in [-0.2, -0.15) is 0 Å². The maximum atomic E-state index is 11.8. The lowest BCUT2D eigenvalue weighted by Gasteiger charge is -2.03. The summed E-state index contributed by atoms with van der Waals surface area (Å²) in [5.41, 5.74) is 1.25. The van der Waals surface area contributed by atoms with E-state index in [-0.39, 0.29) is 11.7 Å². The van der Waals surface area contributed by atoms with Gasteiger partial charge in [0, 0.05) is 10.9 Å². The smallest absolute Gasteiger partial charge is 0.257 e. The molecule has 4 nitrogen and oxygen atoms in total. The van der Waals surface area contributed by atoms with E-state index in [1.807, 2.05) is 12.3 Å². The van der Waals surface area contributed by atoms with Crippen LogP contribution in [0.15, 0.2) is 28.1 Å². The fraction of sp³-hybridized carbons (Fsp3) is 0.0909. The maximum Gasteiger partial charge on any atom is 0.257 e.